The van der Waals surface area contributed by atoms with Crippen LogP contribution in [0.4, 0.5) is 11.4 Å². The summed E-state index contributed by atoms with van der Waals surface area (Å²) in [6.45, 7) is 9.12. The lowest BCUT2D eigenvalue weighted by molar-refractivity contribution is -0.118. The van der Waals surface area contributed by atoms with Crippen LogP contribution in [0.25, 0.3) is 0 Å². The molecular formula is C20H27NO2. The average molecular weight is 313 g/mol. The van der Waals surface area contributed by atoms with Crippen molar-refractivity contribution in [2.24, 2.45) is 0 Å². The molecule has 23 heavy (non-hydrogen) atoms. The normalized spacial score (nSPS) is 14.4. The van der Waals surface area contributed by atoms with E-state index in [1.807, 2.05) is 30.3 Å². The first-order chi connectivity index (χ1) is 10.6. The molecule has 3 heteroatoms. The van der Waals surface area contributed by atoms with Crippen molar-refractivity contribution in [1.82, 2.24) is 0 Å². The SMILES string of the molecule is Cc1cccc(Nc2ccc(CC(C)(O)C(C)(C)O)cc2)c1C. The van der Waals surface area contributed by atoms with Crippen LogP contribution in [0.2, 0.25) is 0 Å². The summed E-state index contributed by atoms with van der Waals surface area (Å²) in [6, 6.07) is 14.2. The molecule has 0 bridgehead atoms. The minimum absolute atomic E-state index is 0.403. The standard InChI is InChI=1S/C20H27NO2/c1-14-7-6-8-18(15(14)2)21-17-11-9-16(10-12-17)13-20(5,23)19(3,4)22/h6-12,21-23H,13H2,1-5H3. The van der Waals surface area contributed by atoms with Gasteiger partial charge in [-0.3, -0.25) is 0 Å². The van der Waals surface area contributed by atoms with Gasteiger partial charge < -0.3 is 15.5 Å². The van der Waals surface area contributed by atoms with Crippen LogP contribution < -0.4 is 5.32 Å². The zero-order chi connectivity index (χ0) is 17.3. The van der Waals surface area contributed by atoms with Gasteiger partial charge in [-0.15, -0.1) is 0 Å². The summed E-state index contributed by atoms with van der Waals surface area (Å²) in [7, 11) is 0. The third-order valence-electron chi connectivity index (χ3n) is 4.70. The Hall–Kier alpha value is -1.84. The summed E-state index contributed by atoms with van der Waals surface area (Å²) in [6.07, 6.45) is 0.403. The number of aryl methyl sites for hydroxylation is 1. The number of nitrogens with one attached hydrogen (secondary N) is 1. The van der Waals surface area contributed by atoms with Gasteiger partial charge in [-0.1, -0.05) is 24.3 Å². The number of benzene rings is 2. The van der Waals surface area contributed by atoms with Gasteiger partial charge in [0.25, 0.3) is 0 Å². The van der Waals surface area contributed by atoms with E-state index in [2.05, 4.69) is 31.3 Å². The topological polar surface area (TPSA) is 52.5 Å². The van der Waals surface area contributed by atoms with E-state index in [1.54, 1.807) is 20.8 Å². The third-order valence-corrected chi connectivity index (χ3v) is 4.70. The molecule has 0 radical (unpaired) electrons. The summed E-state index contributed by atoms with van der Waals surface area (Å²) in [4.78, 5) is 0. The highest BCUT2D eigenvalue weighted by molar-refractivity contribution is 5.64. The quantitative estimate of drug-likeness (QED) is 0.778. The van der Waals surface area contributed by atoms with Crippen molar-refractivity contribution in [1.29, 1.82) is 0 Å². The molecule has 0 heterocycles. The monoisotopic (exact) mass is 313 g/mol. The lowest BCUT2D eigenvalue weighted by Gasteiger charge is -2.35. The van der Waals surface area contributed by atoms with Gasteiger partial charge in [0, 0.05) is 17.8 Å². The minimum Gasteiger partial charge on any atom is -0.387 e. The zero-order valence-electron chi connectivity index (χ0n) is 14.6. The Balaban J connectivity index is 2.13. The number of hydrogen-bond acceptors (Lipinski definition) is 3. The van der Waals surface area contributed by atoms with E-state index in [0.717, 1.165) is 16.9 Å². The predicted molar refractivity (Wildman–Crippen MR) is 96.3 cm³/mol. The van der Waals surface area contributed by atoms with Gasteiger partial charge in [-0.2, -0.15) is 0 Å². The Morgan fingerprint density at radius 2 is 1.52 bits per heavy atom. The van der Waals surface area contributed by atoms with Crippen LogP contribution >= 0.6 is 0 Å². The van der Waals surface area contributed by atoms with Crippen LogP contribution in [-0.2, 0) is 6.42 Å². The van der Waals surface area contributed by atoms with Gasteiger partial charge in [0.15, 0.2) is 0 Å². The number of hydrogen-bond donors (Lipinski definition) is 3. The summed E-state index contributed by atoms with van der Waals surface area (Å²) in [5, 5.41) is 23.9. The first kappa shape index (κ1) is 17.5. The fourth-order valence-corrected chi connectivity index (χ4v) is 2.36. The Bertz CT molecular complexity index is 667. The molecule has 0 amide bonds. The maximum Gasteiger partial charge on any atom is 0.0940 e. The van der Waals surface area contributed by atoms with Crippen molar-refractivity contribution in [2.45, 2.75) is 52.2 Å². The fourth-order valence-electron chi connectivity index (χ4n) is 2.36. The second-order valence-electron chi connectivity index (χ2n) is 7.08. The van der Waals surface area contributed by atoms with Gasteiger partial charge in [0.05, 0.1) is 11.2 Å². The number of rotatable bonds is 5. The molecule has 2 aromatic rings. The molecular weight excluding hydrogens is 286 g/mol. The van der Waals surface area contributed by atoms with E-state index < -0.39 is 11.2 Å². The summed E-state index contributed by atoms with van der Waals surface area (Å²) in [5.74, 6) is 0. The highest BCUT2D eigenvalue weighted by atomic mass is 16.3. The molecule has 0 aliphatic carbocycles. The van der Waals surface area contributed by atoms with Crippen molar-refractivity contribution in [3.8, 4) is 0 Å². The molecule has 0 aromatic heterocycles. The molecule has 1 atom stereocenters. The van der Waals surface area contributed by atoms with E-state index in [0.29, 0.717) is 6.42 Å². The van der Waals surface area contributed by atoms with Crippen LogP contribution in [0.5, 0.6) is 0 Å². The Morgan fingerprint density at radius 3 is 2.09 bits per heavy atom. The molecule has 0 aliphatic heterocycles. The molecule has 0 spiro atoms. The van der Waals surface area contributed by atoms with Crippen LogP contribution in [0, 0.1) is 13.8 Å². The van der Waals surface area contributed by atoms with Gasteiger partial charge in [-0.25, -0.2) is 0 Å². The fraction of sp³-hybridized carbons (Fsp3) is 0.400. The predicted octanol–water partition coefficient (Wildman–Crippen LogP) is 4.11. The minimum atomic E-state index is -1.17. The highest BCUT2D eigenvalue weighted by Crippen LogP contribution is 2.27. The van der Waals surface area contributed by atoms with E-state index in [4.69, 9.17) is 0 Å². The van der Waals surface area contributed by atoms with Crippen molar-refractivity contribution in [3.63, 3.8) is 0 Å². The van der Waals surface area contributed by atoms with Gasteiger partial charge in [0.1, 0.15) is 0 Å². The van der Waals surface area contributed by atoms with E-state index in [1.165, 1.54) is 11.1 Å². The molecule has 0 saturated carbocycles. The van der Waals surface area contributed by atoms with Crippen LogP contribution in [0.1, 0.15) is 37.5 Å². The van der Waals surface area contributed by atoms with Crippen molar-refractivity contribution in [2.75, 3.05) is 5.32 Å². The Kier molecular flexibility index (Phi) is 4.83. The second kappa shape index (κ2) is 6.34. The zero-order valence-corrected chi connectivity index (χ0v) is 14.6. The van der Waals surface area contributed by atoms with Crippen molar-refractivity contribution >= 4 is 11.4 Å². The highest BCUT2D eigenvalue weighted by Gasteiger charge is 2.37. The number of anilines is 2. The largest absolute Gasteiger partial charge is 0.387 e. The first-order valence-electron chi connectivity index (χ1n) is 7.97. The molecule has 0 saturated heterocycles. The maximum absolute atomic E-state index is 10.4. The molecule has 2 aromatic carbocycles. The lowest BCUT2D eigenvalue weighted by atomic mass is 9.82. The molecule has 2 rings (SSSR count). The van der Waals surface area contributed by atoms with Crippen LogP contribution in [0.15, 0.2) is 42.5 Å². The van der Waals surface area contributed by atoms with Crippen LogP contribution in [-0.4, -0.2) is 21.4 Å². The van der Waals surface area contributed by atoms with E-state index in [9.17, 15) is 10.2 Å². The van der Waals surface area contributed by atoms with Gasteiger partial charge >= 0.3 is 0 Å². The Morgan fingerprint density at radius 1 is 0.913 bits per heavy atom. The molecule has 1 unspecified atom stereocenters. The van der Waals surface area contributed by atoms with Gasteiger partial charge in [0.2, 0.25) is 0 Å². The molecule has 0 aliphatic rings. The summed E-state index contributed by atoms with van der Waals surface area (Å²) >= 11 is 0. The lowest BCUT2D eigenvalue weighted by Crippen LogP contribution is -2.49. The summed E-state index contributed by atoms with van der Waals surface area (Å²) < 4.78 is 0. The molecule has 3 nitrogen and oxygen atoms in total. The molecule has 0 fully saturated rings. The van der Waals surface area contributed by atoms with E-state index >= 15 is 0 Å². The number of aliphatic hydroxyl groups is 2. The van der Waals surface area contributed by atoms with Crippen molar-refractivity contribution < 1.29 is 10.2 Å². The first-order valence-corrected chi connectivity index (χ1v) is 7.97. The van der Waals surface area contributed by atoms with Crippen LogP contribution in [0.3, 0.4) is 0 Å². The third kappa shape index (κ3) is 4.12. The maximum atomic E-state index is 10.4. The van der Waals surface area contributed by atoms with E-state index in [-0.39, 0.29) is 0 Å². The average Bonchev–Trinajstić information content (AvgIpc) is 2.44. The van der Waals surface area contributed by atoms with Gasteiger partial charge in [-0.05, 0) is 69.5 Å². The molecule has 3 N–H and O–H groups in total. The second-order valence-corrected chi connectivity index (χ2v) is 7.08. The smallest absolute Gasteiger partial charge is 0.0940 e. The Labute approximate surface area is 139 Å². The summed E-state index contributed by atoms with van der Waals surface area (Å²) in [5.41, 5.74) is 3.27. The molecule has 124 valence electrons. The van der Waals surface area contributed by atoms with Crippen molar-refractivity contribution in [3.05, 3.63) is 59.2 Å².